The van der Waals surface area contributed by atoms with E-state index in [-0.39, 0.29) is 11.9 Å². The molecule has 0 bridgehead atoms. The standard InChI is InChI=1S/C16H15N5OS/c1-10(13-8-21-16(19-13)23-9-17-21)18-15(22)12-7-20(2)14-6-4-3-5-11(12)14/h3-10H,1-2H3,(H,18,22)/t10-/m1/s1. The van der Waals surface area contributed by atoms with Gasteiger partial charge in [-0.25, -0.2) is 9.50 Å². The fraction of sp³-hybridized carbons (Fsp3) is 0.188. The van der Waals surface area contributed by atoms with Gasteiger partial charge in [-0.15, -0.1) is 0 Å². The monoisotopic (exact) mass is 325 g/mol. The van der Waals surface area contributed by atoms with Gasteiger partial charge in [-0.3, -0.25) is 4.79 Å². The Balaban J connectivity index is 1.62. The average molecular weight is 325 g/mol. The molecule has 4 rings (SSSR count). The molecule has 0 aliphatic heterocycles. The van der Waals surface area contributed by atoms with E-state index in [1.807, 2.05) is 55.2 Å². The zero-order valence-corrected chi connectivity index (χ0v) is 13.5. The number of carbonyl (C=O) groups excluding carboxylic acids is 1. The molecule has 1 amide bonds. The van der Waals surface area contributed by atoms with Crippen LogP contribution in [0, 0.1) is 0 Å². The van der Waals surface area contributed by atoms with Crippen LogP contribution >= 0.6 is 11.3 Å². The van der Waals surface area contributed by atoms with E-state index in [0.29, 0.717) is 5.56 Å². The molecular weight excluding hydrogens is 310 g/mol. The van der Waals surface area contributed by atoms with Gasteiger partial charge in [0.1, 0.15) is 5.51 Å². The minimum Gasteiger partial charge on any atom is -0.350 e. The van der Waals surface area contributed by atoms with Crippen molar-refractivity contribution in [2.75, 3.05) is 0 Å². The highest BCUT2D eigenvalue weighted by molar-refractivity contribution is 7.14. The number of hydrogen-bond acceptors (Lipinski definition) is 4. The highest BCUT2D eigenvalue weighted by Crippen LogP contribution is 2.21. The molecule has 4 aromatic rings. The van der Waals surface area contributed by atoms with E-state index in [4.69, 9.17) is 0 Å². The molecule has 116 valence electrons. The maximum atomic E-state index is 12.6. The number of para-hydroxylation sites is 1. The first kappa shape index (κ1) is 14.0. The lowest BCUT2D eigenvalue weighted by molar-refractivity contribution is 0.0940. The molecule has 0 fully saturated rings. The Bertz CT molecular complexity index is 983. The van der Waals surface area contributed by atoms with Crippen molar-refractivity contribution in [1.82, 2.24) is 24.5 Å². The van der Waals surface area contributed by atoms with E-state index in [9.17, 15) is 4.79 Å². The second-order valence-corrected chi connectivity index (χ2v) is 6.31. The number of amides is 1. The van der Waals surface area contributed by atoms with E-state index in [1.165, 1.54) is 11.3 Å². The summed E-state index contributed by atoms with van der Waals surface area (Å²) in [6, 6.07) is 7.70. The first-order chi connectivity index (χ1) is 11.1. The fourth-order valence-corrected chi connectivity index (χ4v) is 3.34. The second-order valence-electron chi connectivity index (χ2n) is 5.50. The van der Waals surface area contributed by atoms with E-state index >= 15 is 0 Å². The van der Waals surface area contributed by atoms with E-state index < -0.39 is 0 Å². The molecule has 1 N–H and O–H groups in total. The summed E-state index contributed by atoms with van der Waals surface area (Å²) in [5.74, 6) is -0.0985. The average Bonchev–Trinajstić information content (AvgIpc) is 3.21. The summed E-state index contributed by atoms with van der Waals surface area (Å²) >= 11 is 1.47. The van der Waals surface area contributed by atoms with Crippen LogP contribution < -0.4 is 5.32 Å². The summed E-state index contributed by atoms with van der Waals surface area (Å²) < 4.78 is 3.69. The number of aryl methyl sites for hydroxylation is 1. The summed E-state index contributed by atoms with van der Waals surface area (Å²) in [6.07, 6.45) is 3.71. The van der Waals surface area contributed by atoms with Crippen LogP contribution in [0.3, 0.4) is 0 Å². The number of hydrogen-bond donors (Lipinski definition) is 1. The van der Waals surface area contributed by atoms with Crippen molar-refractivity contribution >= 4 is 33.1 Å². The fourth-order valence-electron chi connectivity index (χ4n) is 2.74. The number of aromatic nitrogens is 4. The number of benzene rings is 1. The van der Waals surface area contributed by atoms with Crippen LogP contribution in [0.15, 0.2) is 42.2 Å². The molecule has 0 spiro atoms. The Morgan fingerprint density at radius 1 is 1.30 bits per heavy atom. The maximum absolute atomic E-state index is 12.6. The normalized spacial score (nSPS) is 12.8. The molecule has 0 saturated carbocycles. The molecule has 3 heterocycles. The van der Waals surface area contributed by atoms with E-state index in [0.717, 1.165) is 21.6 Å². The molecule has 7 heteroatoms. The number of nitrogens with one attached hydrogen (secondary N) is 1. The number of rotatable bonds is 3. The van der Waals surface area contributed by atoms with Crippen LogP contribution in [-0.2, 0) is 7.05 Å². The van der Waals surface area contributed by atoms with Gasteiger partial charge in [-0.2, -0.15) is 5.10 Å². The Morgan fingerprint density at radius 3 is 2.96 bits per heavy atom. The van der Waals surface area contributed by atoms with Crippen molar-refractivity contribution in [3.05, 3.63) is 53.4 Å². The first-order valence-electron chi connectivity index (χ1n) is 7.27. The lowest BCUT2D eigenvalue weighted by atomic mass is 10.1. The van der Waals surface area contributed by atoms with Crippen molar-refractivity contribution in [2.45, 2.75) is 13.0 Å². The lowest BCUT2D eigenvalue weighted by Gasteiger charge is -2.10. The van der Waals surface area contributed by atoms with Crippen LogP contribution in [0.2, 0.25) is 0 Å². The van der Waals surface area contributed by atoms with Gasteiger partial charge >= 0.3 is 0 Å². The zero-order valence-electron chi connectivity index (χ0n) is 12.7. The third kappa shape index (κ3) is 2.29. The molecule has 0 saturated heterocycles. The Labute approximate surface area is 136 Å². The van der Waals surface area contributed by atoms with Crippen LogP contribution in [0.1, 0.15) is 29.0 Å². The summed E-state index contributed by atoms with van der Waals surface area (Å²) in [4.78, 5) is 17.9. The van der Waals surface area contributed by atoms with E-state index in [1.54, 1.807) is 10.0 Å². The Morgan fingerprint density at radius 2 is 2.13 bits per heavy atom. The van der Waals surface area contributed by atoms with E-state index in [2.05, 4.69) is 15.4 Å². The maximum Gasteiger partial charge on any atom is 0.253 e. The van der Waals surface area contributed by atoms with Crippen molar-refractivity contribution in [2.24, 2.45) is 7.05 Å². The van der Waals surface area contributed by atoms with Gasteiger partial charge in [-0.1, -0.05) is 29.5 Å². The van der Waals surface area contributed by atoms with Crippen LogP contribution in [0.25, 0.3) is 15.9 Å². The second kappa shape index (κ2) is 5.20. The quantitative estimate of drug-likeness (QED) is 0.630. The topological polar surface area (TPSA) is 64.2 Å². The Hall–Kier alpha value is -2.67. The molecule has 23 heavy (non-hydrogen) atoms. The molecule has 3 aromatic heterocycles. The molecule has 0 aliphatic rings. The van der Waals surface area contributed by atoms with Gasteiger partial charge in [0.15, 0.2) is 0 Å². The van der Waals surface area contributed by atoms with Crippen molar-refractivity contribution in [3.63, 3.8) is 0 Å². The van der Waals surface area contributed by atoms with Crippen LogP contribution in [0.4, 0.5) is 0 Å². The number of imidazole rings is 1. The highest BCUT2D eigenvalue weighted by Gasteiger charge is 2.18. The highest BCUT2D eigenvalue weighted by atomic mass is 32.1. The molecule has 0 unspecified atom stereocenters. The third-order valence-corrected chi connectivity index (χ3v) is 4.63. The van der Waals surface area contributed by atoms with Gasteiger partial charge in [0.2, 0.25) is 4.96 Å². The molecule has 0 radical (unpaired) electrons. The number of fused-ring (bicyclic) bond motifs is 2. The molecule has 6 nitrogen and oxygen atoms in total. The summed E-state index contributed by atoms with van der Waals surface area (Å²) in [6.45, 7) is 1.93. The SMILES string of the molecule is C[C@@H](NC(=O)c1cn(C)c2ccccc12)c1cn2ncsc2n1. The minimum absolute atomic E-state index is 0.0985. The summed E-state index contributed by atoms with van der Waals surface area (Å²) in [5.41, 5.74) is 4.26. The summed E-state index contributed by atoms with van der Waals surface area (Å²) in [7, 11) is 1.94. The Kier molecular flexibility index (Phi) is 3.16. The molecular formula is C16H15N5OS. The smallest absolute Gasteiger partial charge is 0.253 e. The van der Waals surface area contributed by atoms with Crippen molar-refractivity contribution in [1.29, 1.82) is 0 Å². The predicted molar refractivity (Wildman–Crippen MR) is 89.7 cm³/mol. The molecule has 0 aliphatic carbocycles. The number of nitrogens with zero attached hydrogens (tertiary/aromatic N) is 4. The number of carbonyl (C=O) groups is 1. The van der Waals surface area contributed by atoms with Crippen molar-refractivity contribution in [3.8, 4) is 0 Å². The minimum atomic E-state index is -0.185. The first-order valence-corrected chi connectivity index (χ1v) is 8.15. The largest absolute Gasteiger partial charge is 0.350 e. The van der Waals surface area contributed by atoms with Gasteiger partial charge in [0.25, 0.3) is 5.91 Å². The van der Waals surface area contributed by atoms with Crippen molar-refractivity contribution < 1.29 is 4.79 Å². The van der Waals surface area contributed by atoms with Crippen LogP contribution in [-0.4, -0.2) is 25.1 Å². The van der Waals surface area contributed by atoms with Gasteiger partial charge < -0.3 is 9.88 Å². The zero-order chi connectivity index (χ0) is 16.0. The summed E-state index contributed by atoms with van der Waals surface area (Å²) in [5, 5.41) is 8.13. The lowest BCUT2D eigenvalue weighted by Crippen LogP contribution is -2.26. The van der Waals surface area contributed by atoms with Gasteiger partial charge in [0.05, 0.1) is 23.5 Å². The molecule has 1 aromatic carbocycles. The third-order valence-electron chi connectivity index (χ3n) is 3.94. The predicted octanol–water partition coefficient (Wildman–Crippen LogP) is 2.77. The van der Waals surface area contributed by atoms with Gasteiger partial charge in [-0.05, 0) is 13.0 Å². The van der Waals surface area contributed by atoms with Gasteiger partial charge in [0, 0.05) is 24.1 Å². The molecule has 1 atom stereocenters. The van der Waals surface area contributed by atoms with Crippen LogP contribution in [0.5, 0.6) is 0 Å².